The fourth-order valence-electron chi connectivity index (χ4n) is 2.03. The van der Waals surface area contributed by atoms with Crippen LogP contribution in [0.25, 0.3) is 11.0 Å². The van der Waals surface area contributed by atoms with E-state index >= 15 is 0 Å². The molecule has 1 aliphatic carbocycles. The number of fused-ring (bicyclic) bond motifs is 1. The second-order valence-electron chi connectivity index (χ2n) is 4.26. The van der Waals surface area contributed by atoms with Crippen molar-refractivity contribution < 1.29 is 0 Å². The van der Waals surface area contributed by atoms with Gasteiger partial charge in [-0.05, 0) is 24.8 Å². The van der Waals surface area contributed by atoms with Gasteiger partial charge in [-0.2, -0.15) is 0 Å². The van der Waals surface area contributed by atoms with Crippen molar-refractivity contribution in [3.63, 3.8) is 0 Å². The molecule has 1 fully saturated rings. The second kappa shape index (κ2) is 3.03. The molecule has 78 valence electrons. The fourth-order valence-corrected chi connectivity index (χ4v) is 2.03. The molecular weight excluding hydrogens is 188 g/mol. The SMILES string of the molecule is Cn1c(C(N)C2CC2)nc2cnccc21. The smallest absolute Gasteiger partial charge is 0.126 e. The Morgan fingerprint density at radius 2 is 2.33 bits per heavy atom. The van der Waals surface area contributed by atoms with Gasteiger partial charge in [-0.25, -0.2) is 4.98 Å². The minimum atomic E-state index is 0.0856. The van der Waals surface area contributed by atoms with Crippen LogP contribution in [0.15, 0.2) is 18.5 Å². The van der Waals surface area contributed by atoms with E-state index in [1.54, 1.807) is 12.4 Å². The Balaban J connectivity index is 2.14. The normalized spacial score (nSPS) is 18.3. The molecular formula is C11H14N4. The Labute approximate surface area is 88.1 Å². The lowest BCUT2D eigenvalue weighted by atomic mass is 10.2. The number of aryl methyl sites for hydroxylation is 1. The molecule has 2 heterocycles. The highest BCUT2D eigenvalue weighted by Crippen LogP contribution is 2.39. The Kier molecular flexibility index (Phi) is 1.79. The van der Waals surface area contributed by atoms with Crippen LogP contribution < -0.4 is 5.73 Å². The van der Waals surface area contributed by atoms with E-state index in [0.29, 0.717) is 5.92 Å². The molecule has 2 N–H and O–H groups in total. The van der Waals surface area contributed by atoms with E-state index in [1.807, 2.05) is 13.1 Å². The van der Waals surface area contributed by atoms with Crippen molar-refractivity contribution in [3.8, 4) is 0 Å². The van der Waals surface area contributed by atoms with E-state index in [1.165, 1.54) is 12.8 Å². The predicted molar refractivity (Wildman–Crippen MR) is 58.2 cm³/mol. The van der Waals surface area contributed by atoms with Crippen molar-refractivity contribution in [2.45, 2.75) is 18.9 Å². The zero-order valence-electron chi connectivity index (χ0n) is 8.72. The highest BCUT2D eigenvalue weighted by Gasteiger charge is 2.32. The number of rotatable bonds is 2. The lowest BCUT2D eigenvalue weighted by Gasteiger charge is -2.09. The first-order valence-corrected chi connectivity index (χ1v) is 5.29. The predicted octanol–water partition coefficient (Wildman–Crippen LogP) is 1.38. The largest absolute Gasteiger partial charge is 0.330 e. The Morgan fingerprint density at radius 3 is 3.00 bits per heavy atom. The lowest BCUT2D eigenvalue weighted by Crippen LogP contribution is -2.17. The lowest BCUT2D eigenvalue weighted by molar-refractivity contribution is 0.574. The van der Waals surface area contributed by atoms with Crippen molar-refractivity contribution in [3.05, 3.63) is 24.3 Å². The van der Waals surface area contributed by atoms with Crippen LogP contribution in [0.1, 0.15) is 24.7 Å². The van der Waals surface area contributed by atoms with Crippen molar-refractivity contribution in [1.82, 2.24) is 14.5 Å². The molecule has 1 saturated carbocycles. The van der Waals surface area contributed by atoms with Crippen LogP contribution in [0.3, 0.4) is 0 Å². The summed E-state index contributed by atoms with van der Waals surface area (Å²) >= 11 is 0. The van der Waals surface area contributed by atoms with Gasteiger partial charge in [-0.3, -0.25) is 4.98 Å². The molecule has 4 nitrogen and oxygen atoms in total. The van der Waals surface area contributed by atoms with Crippen LogP contribution in [-0.2, 0) is 7.05 Å². The minimum Gasteiger partial charge on any atom is -0.330 e. The van der Waals surface area contributed by atoms with Gasteiger partial charge in [0, 0.05) is 13.2 Å². The number of imidazole rings is 1. The summed E-state index contributed by atoms with van der Waals surface area (Å²) in [6.45, 7) is 0. The van der Waals surface area contributed by atoms with E-state index in [-0.39, 0.29) is 6.04 Å². The number of nitrogens with two attached hydrogens (primary N) is 1. The summed E-state index contributed by atoms with van der Waals surface area (Å²) in [7, 11) is 2.02. The maximum Gasteiger partial charge on any atom is 0.126 e. The van der Waals surface area contributed by atoms with Crippen LogP contribution in [0, 0.1) is 5.92 Å². The van der Waals surface area contributed by atoms with Crippen LogP contribution in [0.4, 0.5) is 0 Å². The standard InChI is InChI=1S/C11H14N4/c1-15-9-4-5-13-6-8(9)14-11(15)10(12)7-2-3-7/h4-7,10H,2-3,12H2,1H3. The summed E-state index contributed by atoms with van der Waals surface area (Å²) in [4.78, 5) is 8.62. The van der Waals surface area contributed by atoms with E-state index in [2.05, 4.69) is 14.5 Å². The van der Waals surface area contributed by atoms with Gasteiger partial charge >= 0.3 is 0 Å². The first kappa shape index (κ1) is 8.85. The maximum absolute atomic E-state index is 6.16. The fraction of sp³-hybridized carbons (Fsp3) is 0.455. The quantitative estimate of drug-likeness (QED) is 0.800. The minimum absolute atomic E-state index is 0.0856. The molecule has 2 aromatic heterocycles. The first-order chi connectivity index (χ1) is 7.27. The monoisotopic (exact) mass is 202 g/mol. The molecule has 1 unspecified atom stereocenters. The van der Waals surface area contributed by atoms with Crippen molar-refractivity contribution >= 4 is 11.0 Å². The number of aromatic nitrogens is 3. The Bertz CT molecular complexity index is 498. The van der Waals surface area contributed by atoms with Crippen LogP contribution in [0.5, 0.6) is 0 Å². The summed E-state index contributed by atoms with van der Waals surface area (Å²) in [5.74, 6) is 1.62. The Morgan fingerprint density at radius 1 is 1.53 bits per heavy atom. The number of nitrogens with zero attached hydrogens (tertiary/aromatic N) is 3. The molecule has 4 heteroatoms. The zero-order chi connectivity index (χ0) is 10.4. The van der Waals surface area contributed by atoms with Crippen LogP contribution in [-0.4, -0.2) is 14.5 Å². The second-order valence-corrected chi connectivity index (χ2v) is 4.26. The van der Waals surface area contributed by atoms with Crippen molar-refractivity contribution in [2.24, 2.45) is 18.7 Å². The molecule has 3 rings (SSSR count). The van der Waals surface area contributed by atoms with Crippen LogP contribution >= 0.6 is 0 Å². The van der Waals surface area contributed by atoms with E-state index < -0.39 is 0 Å². The molecule has 0 spiro atoms. The first-order valence-electron chi connectivity index (χ1n) is 5.29. The number of pyridine rings is 1. The van der Waals surface area contributed by atoms with Gasteiger partial charge in [0.2, 0.25) is 0 Å². The van der Waals surface area contributed by atoms with Gasteiger partial charge in [-0.15, -0.1) is 0 Å². The average Bonchev–Trinajstić information content (AvgIpc) is 3.04. The van der Waals surface area contributed by atoms with Gasteiger partial charge in [-0.1, -0.05) is 0 Å². The third kappa shape index (κ3) is 1.33. The van der Waals surface area contributed by atoms with Gasteiger partial charge in [0.1, 0.15) is 11.3 Å². The van der Waals surface area contributed by atoms with E-state index in [4.69, 9.17) is 5.73 Å². The van der Waals surface area contributed by atoms with Crippen molar-refractivity contribution in [1.29, 1.82) is 0 Å². The molecule has 15 heavy (non-hydrogen) atoms. The summed E-state index contributed by atoms with van der Waals surface area (Å²) < 4.78 is 2.08. The Hall–Kier alpha value is -1.42. The van der Waals surface area contributed by atoms with Crippen molar-refractivity contribution in [2.75, 3.05) is 0 Å². The molecule has 0 radical (unpaired) electrons. The molecule has 0 aromatic carbocycles. The van der Waals surface area contributed by atoms with E-state index in [0.717, 1.165) is 16.9 Å². The molecule has 1 aliphatic rings. The highest BCUT2D eigenvalue weighted by molar-refractivity contribution is 5.74. The van der Waals surface area contributed by atoms with Crippen LogP contribution in [0.2, 0.25) is 0 Å². The zero-order valence-corrected chi connectivity index (χ0v) is 8.72. The topological polar surface area (TPSA) is 56.7 Å². The number of hydrogen-bond donors (Lipinski definition) is 1. The molecule has 0 amide bonds. The molecule has 0 bridgehead atoms. The number of hydrogen-bond acceptors (Lipinski definition) is 3. The summed E-state index contributed by atoms with van der Waals surface area (Å²) in [5.41, 5.74) is 8.20. The third-order valence-electron chi connectivity index (χ3n) is 3.15. The molecule has 2 aromatic rings. The summed E-state index contributed by atoms with van der Waals surface area (Å²) in [6, 6.07) is 2.06. The molecule has 0 aliphatic heterocycles. The third-order valence-corrected chi connectivity index (χ3v) is 3.15. The van der Waals surface area contributed by atoms with Gasteiger partial charge in [0.15, 0.2) is 0 Å². The summed E-state index contributed by atoms with van der Waals surface area (Å²) in [5, 5.41) is 0. The van der Waals surface area contributed by atoms with Gasteiger partial charge in [0.25, 0.3) is 0 Å². The van der Waals surface area contributed by atoms with E-state index in [9.17, 15) is 0 Å². The maximum atomic E-state index is 6.16. The highest BCUT2D eigenvalue weighted by atomic mass is 15.1. The van der Waals surface area contributed by atoms with Gasteiger partial charge in [0.05, 0.1) is 17.8 Å². The summed E-state index contributed by atoms with van der Waals surface area (Å²) in [6.07, 6.45) is 6.06. The molecule has 1 atom stereocenters. The average molecular weight is 202 g/mol. The molecule has 0 saturated heterocycles. The van der Waals surface area contributed by atoms with Gasteiger partial charge < -0.3 is 10.3 Å².